The Kier molecular flexibility index (Phi) is 6.74. The molecule has 0 atom stereocenters. The molecular weight excluding hydrogens is 455 g/mol. The number of carbonyl (C=O) groups is 2. The van der Waals surface area contributed by atoms with Crippen LogP contribution in [-0.2, 0) is 4.79 Å². The molecule has 2 amide bonds. The van der Waals surface area contributed by atoms with E-state index in [-0.39, 0.29) is 16.9 Å². The Hall–Kier alpha value is -3.98. The molecule has 0 spiro atoms. The van der Waals surface area contributed by atoms with E-state index in [0.29, 0.717) is 21.7 Å². The second kappa shape index (κ2) is 9.88. The Morgan fingerprint density at radius 3 is 2.44 bits per heavy atom. The zero-order valence-electron chi connectivity index (χ0n) is 18.5. The fourth-order valence-corrected chi connectivity index (χ4v) is 4.08. The van der Waals surface area contributed by atoms with Crippen LogP contribution in [0.25, 0.3) is 16.6 Å². The molecule has 4 aromatic rings. The first-order valence-corrected chi connectivity index (χ1v) is 11.4. The van der Waals surface area contributed by atoms with E-state index in [0.717, 1.165) is 35.0 Å². The highest BCUT2D eigenvalue weighted by atomic mass is 32.2. The van der Waals surface area contributed by atoms with Crippen molar-refractivity contribution in [1.82, 2.24) is 20.4 Å². The summed E-state index contributed by atoms with van der Waals surface area (Å²) in [7, 11) is 0. The van der Waals surface area contributed by atoms with Gasteiger partial charge in [0.05, 0.1) is 22.3 Å². The van der Waals surface area contributed by atoms with Gasteiger partial charge in [-0.2, -0.15) is 0 Å². The van der Waals surface area contributed by atoms with Crippen molar-refractivity contribution in [3.63, 3.8) is 0 Å². The summed E-state index contributed by atoms with van der Waals surface area (Å²) in [6.07, 6.45) is 0. The number of nitrogens with one attached hydrogen (secondary N) is 2. The minimum Gasteiger partial charge on any atom is -0.272 e. The molecule has 0 aliphatic heterocycles. The van der Waals surface area contributed by atoms with Gasteiger partial charge in [-0.05, 0) is 73.5 Å². The first kappa shape index (κ1) is 23.2. The summed E-state index contributed by atoms with van der Waals surface area (Å²) < 4.78 is 14.5. The monoisotopic (exact) mass is 476 g/mol. The van der Waals surface area contributed by atoms with Gasteiger partial charge in [0.15, 0.2) is 5.16 Å². The number of aromatic nitrogens is 2. The molecule has 0 unspecified atom stereocenters. The van der Waals surface area contributed by atoms with Crippen molar-refractivity contribution < 1.29 is 14.0 Å². The Labute approximate surface area is 199 Å². The molecule has 1 aromatic heterocycles. The molecule has 34 heavy (non-hydrogen) atoms. The molecule has 0 bridgehead atoms. The molecular formula is C25H21FN4O3S. The van der Waals surface area contributed by atoms with E-state index in [1.165, 1.54) is 16.7 Å². The summed E-state index contributed by atoms with van der Waals surface area (Å²) in [6, 6.07) is 17.6. The van der Waals surface area contributed by atoms with Gasteiger partial charge in [-0.3, -0.25) is 29.8 Å². The number of rotatable bonds is 5. The lowest BCUT2D eigenvalue weighted by Gasteiger charge is -2.14. The number of nitrogens with zero attached hydrogens (tertiary/aromatic N) is 2. The zero-order chi connectivity index (χ0) is 24.2. The fourth-order valence-electron chi connectivity index (χ4n) is 3.27. The fraction of sp³-hybridized carbons (Fsp3) is 0.120. The van der Waals surface area contributed by atoms with Crippen molar-refractivity contribution in [2.45, 2.75) is 19.0 Å². The van der Waals surface area contributed by atoms with Crippen LogP contribution in [-0.4, -0.2) is 27.1 Å². The first-order valence-electron chi connectivity index (χ1n) is 10.4. The molecule has 3 aromatic carbocycles. The van der Waals surface area contributed by atoms with Gasteiger partial charge in [-0.15, -0.1) is 0 Å². The second-order valence-corrected chi connectivity index (χ2v) is 8.56. The van der Waals surface area contributed by atoms with E-state index in [2.05, 4.69) is 15.8 Å². The number of halogens is 1. The highest BCUT2D eigenvalue weighted by molar-refractivity contribution is 7.99. The van der Waals surface area contributed by atoms with Crippen LogP contribution in [0.4, 0.5) is 4.39 Å². The average Bonchev–Trinajstić information content (AvgIpc) is 2.83. The molecule has 0 radical (unpaired) electrons. The van der Waals surface area contributed by atoms with Gasteiger partial charge in [0.1, 0.15) is 5.82 Å². The summed E-state index contributed by atoms with van der Waals surface area (Å²) in [5.41, 5.74) is 7.88. The van der Waals surface area contributed by atoms with Crippen LogP contribution >= 0.6 is 11.8 Å². The van der Waals surface area contributed by atoms with Crippen molar-refractivity contribution in [2.75, 3.05) is 5.75 Å². The Morgan fingerprint density at radius 2 is 1.71 bits per heavy atom. The van der Waals surface area contributed by atoms with Crippen molar-refractivity contribution in [2.24, 2.45) is 0 Å². The molecule has 172 valence electrons. The van der Waals surface area contributed by atoms with Gasteiger partial charge in [0, 0.05) is 5.56 Å². The number of amides is 2. The van der Waals surface area contributed by atoms with Gasteiger partial charge < -0.3 is 0 Å². The van der Waals surface area contributed by atoms with Gasteiger partial charge >= 0.3 is 0 Å². The Bertz CT molecular complexity index is 1450. The van der Waals surface area contributed by atoms with Crippen molar-refractivity contribution in [1.29, 1.82) is 0 Å². The normalized spacial score (nSPS) is 10.8. The van der Waals surface area contributed by atoms with Crippen LogP contribution in [0, 0.1) is 19.7 Å². The van der Waals surface area contributed by atoms with Gasteiger partial charge in [0.2, 0.25) is 5.91 Å². The van der Waals surface area contributed by atoms with E-state index in [9.17, 15) is 18.8 Å². The standard InChI is InChI=1S/C25H21FN4O3S/c1-15-7-12-19(13-16(15)2)30-24(33)20-5-3-4-6-21(20)27-25(30)34-14-22(31)28-29-23(32)17-8-10-18(26)11-9-17/h3-13H,14H2,1-2H3,(H,28,31)(H,29,32). The third kappa shape index (κ3) is 4.99. The molecule has 7 nitrogen and oxygen atoms in total. The number of aryl methyl sites for hydroxylation is 2. The predicted molar refractivity (Wildman–Crippen MR) is 130 cm³/mol. The van der Waals surface area contributed by atoms with Crippen molar-refractivity contribution in [3.8, 4) is 5.69 Å². The zero-order valence-corrected chi connectivity index (χ0v) is 19.3. The molecule has 1 heterocycles. The number of hydrogen-bond acceptors (Lipinski definition) is 5. The number of hydrogen-bond donors (Lipinski definition) is 2. The van der Waals surface area contributed by atoms with Gasteiger partial charge in [-0.25, -0.2) is 9.37 Å². The average molecular weight is 477 g/mol. The number of hydrazine groups is 1. The topological polar surface area (TPSA) is 93.1 Å². The lowest BCUT2D eigenvalue weighted by atomic mass is 10.1. The molecule has 2 N–H and O–H groups in total. The molecule has 0 aliphatic rings. The number of fused-ring (bicyclic) bond motifs is 1. The maximum Gasteiger partial charge on any atom is 0.269 e. The largest absolute Gasteiger partial charge is 0.272 e. The van der Waals surface area contributed by atoms with E-state index in [1.54, 1.807) is 24.3 Å². The summed E-state index contributed by atoms with van der Waals surface area (Å²) in [5.74, 6) is -1.63. The van der Waals surface area contributed by atoms with Crippen LogP contribution in [0.15, 0.2) is 76.7 Å². The third-order valence-electron chi connectivity index (χ3n) is 5.25. The minimum atomic E-state index is -0.575. The lowest BCUT2D eigenvalue weighted by molar-refractivity contribution is -0.119. The van der Waals surface area contributed by atoms with Crippen LogP contribution in [0.1, 0.15) is 21.5 Å². The van der Waals surface area contributed by atoms with Crippen molar-refractivity contribution in [3.05, 3.63) is 99.6 Å². The van der Waals surface area contributed by atoms with Crippen LogP contribution in [0.2, 0.25) is 0 Å². The SMILES string of the molecule is Cc1ccc(-n2c(SCC(=O)NNC(=O)c3ccc(F)cc3)nc3ccccc3c2=O)cc1C. The molecule has 0 fully saturated rings. The summed E-state index contributed by atoms with van der Waals surface area (Å²) in [6.45, 7) is 3.95. The molecule has 0 saturated heterocycles. The number of carbonyl (C=O) groups excluding carboxylic acids is 2. The molecule has 4 rings (SSSR count). The summed E-state index contributed by atoms with van der Waals surface area (Å²) in [5, 5.41) is 0.827. The smallest absolute Gasteiger partial charge is 0.269 e. The summed E-state index contributed by atoms with van der Waals surface area (Å²) >= 11 is 1.08. The second-order valence-electron chi connectivity index (χ2n) is 7.62. The highest BCUT2D eigenvalue weighted by Gasteiger charge is 2.16. The van der Waals surface area contributed by atoms with Gasteiger partial charge in [0.25, 0.3) is 11.5 Å². The maximum atomic E-state index is 13.3. The van der Waals surface area contributed by atoms with Crippen LogP contribution in [0.3, 0.4) is 0 Å². The lowest BCUT2D eigenvalue weighted by Crippen LogP contribution is -2.42. The maximum absolute atomic E-state index is 13.3. The van der Waals surface area contributed by atoms with E-state index in [1.807, 2.05) is 32.0 Å². The molecule has 0 saturated carbocycles. The van der Waals surface area contributed by atoms with Crippen LogP contribution < -0.4 is 16.4 Å². The third-order valence-corrected chi connectivity index (χ3v) is 6.19. The van der Waals surface area contributed by atoms with E-state index >= 15 is 0 Å². The molecule has 9 heteroatoms. The predicted octanol–water partition coefficient (Wildman–Crippen LogP) is 3.69. The van der Waals surface area contributed by atoms with Crippen LogP contribution in [0.5, 0.6) is 0 Å². The molecule has 0 aliphatic carbocycles. The number of para-hydroxylation sites is 1. The van der Waals surface area contributed by atoms with Gasteiger partial charge in [-0.1, -0.05) is 30.0 Å². The number of benzene rings is 3. The quantitative estimate of drug-likeness (QED) is 0.260. The Balaban J connectivity index is 1.55. The number of thioether (sulfide) groups is 1. The highest BCUT2D eigenvalue weighted by Crippen LogP contribution is 2.22. The van der Waals surface area contributed by atoms with E-state index in [4.69, 9.17) is 0 Å². The van der Waals surface area contributed by atoms with E-state index < -0.39 is 17.6 Å². The van der Waals surface area contributed by atoms with Crippen molar-refractivity contribution >= 4 is 34.5 Å². The Morgan fingerprint density at radius 1 is 0.971 bits per heavy atom. The minimum absolute atomic E-state index is 0.0979. The summed E-state index contributed by atoms with van der Waals surface area (Å²) in [4.78, 5) is 42.4. The first-order chi connectivity index (χ1) is 16.3.